The number of hydrogen-bond acceptors (Lipinski definition) is 3. The summed E-state index contributed by atoms with van der Waals surface area (Å²) in [5.41, 5.74) is 0. The number of rotatable bonds is 6. The van der Waals surface area contributed by atoms with Gasteiger partial charge in [0.2, 0.25) is 9.05 Å². The Morgan fingerprint density at radius 1 is 1.22 bits per heavy atom. The SMILES string of the molecule is CC1CCC(OCC(CS(=O)(=O)Cl)C(C)C)CC1. The van der Waals surface area contributed by atoms with Crippen molar-refractivity contribution in [3.05, 3.63) is 0 Å². The molecule has 0 saturated heterocycles. The summed E-state index contributed by atoms with van der Waals surface area (Å²) in [4.78, 5) is 0. The zero-order chi connectivity index (χ0) is 13.8. The molecule has 0 aromatic rings. The van der Waals surface area contributed by atoms with E-state index in [9.17, 15) is 8.42 Å². The Labute approximate surface area is 116 Å². The second kappa shape index (κ2) is 7.11. The van der Waals surface area contributed by atoms with Crippen LogP contribution < -0.4 is 0 Å². The monoisotopic (exact) mass is 296 g/mol. The van der Waals surface area contributed by atoms with Crippen LogP contribution in [0.25, 0.3) is 0 Å². The molecule has 18 heavy (non-hydrogen) atoms. The molecule has 1 saturated carbocycles. The van der Waals surface area contributed by atoms with Gasteiger partial charge in [0.05, 0.1) is 18.5 Å². The second-order valence-electron chi connectivity index (χ2n) is 5.92. The Hall–Kier alpha value is 0.200. The van der Waals surface area contributed by atoms with Crippen LogP contribution in [0.15, 0.2) is 0 Å². The zero-order valence-electron chi connectivity index (χ0n) is 11.6. The maximum atomic E-state index is 11.2. The minimum absolute atomic E-state index is 0.00755. The fourth-order valence-corrected chi connectivity index (χ4v) is 3.82. The van der Waals surface area contributed by atoms with Gasteiger partial charge in [-0.05, 0) is 43.4 Å². The molecule has 1 atom stereocenters. The van der Waals surface area contributed by atoms with E-state index >= 15 is 0 Å². The van der Waals surface area contributed by atoms with Crippen molar-refractivity contribution >= 4 is 19.7 Å². The molecule has 0 aliphatic heterocycles. The quantitative estimate of drug-likeness (QED) is 0.705. The van der Waals surface area contributed by atoms with E-state index in [1.807, 2.05) is 13.8 Å². The summed E-state index contributed by atoms with van der Waals surface area (Å²) in [6.07, 6.45) is 4.93. The molecule has 0 spiro atoms. The van der Waals surface area contributed by atoms with Gasteiger partial charge >= 0.3 is 0 Å². The van der Waals surface area contributed by atoms with Gasteiger partial charge in [-0.25, -0.2) is 8.42 Å². The first-order chi connectivity index (χ1) is 8.28. The van der Waals surface area contributed by atoms with Crippen LogP contribution in [0.1, 0.15) is 46.5 Å². The van der Waals surface area contributed by atoms with E-state index in [0.29, 0.717) is 12.7 Å². The minimum atomic E-state index is -3.44. The van der Waals surface area contributed by atoms with Crippen LogP contribution in [-0.4, -0.2) is 26.9 Å². The highest BCUT2D eigenvalue weighted by Crippen LogP contribution is 2.26. The summed E-state index contributed by atoms with van der Waals surface area (Å²) in [5, 5.41) is 0. The second-order valence-corrected chi connectivity index (χ2v) is 8.75. The summed E-state index contributed by atoms with van der Waals surface area (Å²) >= 11 is 0. The van der Waals surface area contributed by atoms with Gasteiger partial charge in [0.15, 0.2) is 0 Å². The van der Waals surface area contributed by atoms with E-state index in [1.165, 1.54) is 12.8 Å². The Kier molecular flexibility index (Phi) is 6.42. The molecule has 1 fully saturated rings. The van der Waals surface area contributed by atoms with Gasteiger partial charge in [-0.3, -0.25) is 0 Å². The van der Waals surface area contributed by atoms with Gasteiger partial charge < -0.3 is 4.74 Å². The topological polar surface area (TPSA) is 43.4 Å². The number of halogens is 1. The van der Waals surface area contributed by atoms with Crippen molar-refractivity contribution in [3.8, 4) is 0 Å². The Balaban J connectivity index is 2.38. The highest BCUT2D eigenvalue weighted by atomic mass is 35.7. The predicted octanol–water partition coefficient (Wildman–Crippen LogP) is 3.42. The molecule has 0 aromatic heterocycles. The largest absolute Gasteiger partial charge is 0.378 e. The van der Waals surface area contributed by atoms with Gasteiger partial charge in [0.25, 0.3) is 0 Å². The first kappa shape index (κ1) is 16.3. The molecule has 1 unspecified atom stereocenters. The molecule has 0 amide bonds. The average molecular weight is 297 g/mol. The van der Waals surface area contributed by atoms with E-state index in [1.54, 1.807) is 0 Å². The van der Waals surface area contributed by atoms with Crippen molar-refractivity contribution in [2.45, 2.75) is 52.6 Å². The van der Waals surface area contributed by atoms with Crippen molar-refractivity contribution in [2.24, 2.45) is 17.8 Å². The minimum Gasteiger partial charge on any atom is -0.378 e. The molecular weight excluding hydrogens is 272 g/mol. The molecule has 0 aromatic carbocycles. The normalized spacial score (nSPS) is 27.4. The van der Waals surface area contributed by atoms with Crippen LogP contribution in [0.3, 0.4) is 0 Å². The van der Waals surface area contributed by atoms with Crippen LogP contribution in [-0.2, 0) is 13.8 Å². The van der Waals surface area contributed by atoms with Crippen molar-refractivity contribution in [1.29, 1.82) is 0 Å². The third-order valence-corrected chi connectivity index (χ3v) is 5.07. The van der Waals surface area contributed by atoms with Crippen LogP contribution in [0.2, 0.25) is 0 Å². The number of hydrogen-bond donors (Lipinski definition) is 0. The molecule has 0 N–H and O–H groups in total. The lowest BCUT2D eigenvalue weighted by molar-refractivity contribution is -0.00305. The lowest BCUT2D eigenvalue weighted by atomic mass is 9.89. The molecule has 0 radical (unpaired) electrons. The summed E-state index contributed by atoms with van der Waals surface area (Å²) in [5.74, 6) is 1.07. The van der Waals surface area contributed by atoms with E-state index in [2.05, 4.69) is 6.92 Å². The molecule has 5 heteroatoms. The molecule has 0 heterocycles. The van der Waals surface area contributed by atoms with Gasteiger partial charge in [-0.15, -0.1) is 0 Å². The molecule has 3 nitrogen and oxygen atoms in total. The van der Waals surface area contributed by atoms with E-state index in [4.69, 9.17) is 15.4 Å². The lowest BCUT2D eigenvalue weighted by Crippen LogP contribution is -2.28. The fourth-order valence-electron chi connectivity index (χ4n) is 2.34. The number of ether oxygens (including phenoxy) is 1. The average Bonchev–Trinajstić information content (AvgIpc) is 2.24. The highest BCUT2D eigenvalue weighted by molar-refractivity contribution is 8.13. The Morgan fingerprint density at radius 2 is 1.78 bits per heavy atom. The van der Waals surface area contributed by atoms with Gasteiger partial charge in [0.1, 0.15) is 0 Å². The smallest absolute Gasteiger partial charge is 0.232 e. The first-order valence-corrected chi connectivity index (χ1v) is 9.29. The maximum Gasteiger partial charge on any atom is 0.232 e. The van der Waals surface area contributed by atoms with Crippen molar-refractivity contribution in [2.75, 3.05) is 12.4 Å². The van der Waals surface area contributed by atoms with Gasteiger partial charge in [0, 0.05) is 10.7 Å². The molecule has 0 bridgehead atoms. The van der Waals surface area contributed by atoms with E-state index in [-0.39, 0.29) is 17.6 Å². The molecule has 1 aliphatic carbocycles. The first-order valence-electron chi connectivity index (χ1n) is 6.82. The van der Waals surface area contributed by atoms with Crippen molar-refractivity contribution in [1.82, 2.24) is 0 Å². The third-order valence-electron chi connectivity index (χ3n) is 3.86. The van der Waals surface area contributed by atoms with E-state index < -0.39 is 9.05 Å². The molecule has 1 rings (SSSR count). The molecule has 108 valence electrons. The van der Waals surface area contributed by atoms with Crippen molar-refractivity contribution < 1.29 is 13.2 Å². The Bertz CT molecular complexity index is 332. The van der Waals surface area contributed by atoms with Crippen molar-refractivity contribution in [3.63, 3.8) is 0 Å². The predicted molar refractivity (Wildman–Crippen MR) is 75.3 cm³/mol. The summed E-state index contributed by atoms with van der Waals surface area (Å²) < 4.78 is 28.2. The Morgan fingerprint density at radius 3 is 2.22 bits per heavy atom. The highest BCUT2D eigenvalue weighted by Gasteiger charge is 2.24. The fraction of sp³-hybridized carbons (Fsp3) is 1.00. The summed E-state index contributed by atoms with van der Waals surface area (Å²) in [6.45, 7) is 6.80. The zero-order valence-corrected chi connectivity index (χ0v) is 13.1. The van der Waals surface area contributed by atoms with E-state index in [0.717, 1.165) is 18.8 Å². The summed E-state index contributed by atoms with van der Waals surface area (Å²) in [7, 11) is 1.89. The van der Waals surface area contributed by atoms with Crippen LogP contribution in [0, 0.1) is 17.8 Å². The lowest BCUT2D eigenvalue weighted by Gasteiger charge is -2.28. The standard InChI is InChI=1S/C13H25ClO3S/c1-10(2)12(9-18(14,15)16)8-17-13-6-4-11(3)5-7-13/h10-13H,4-9H2,1-3H3. The molecular formula is C13H25ClO3S. The van der Waals surface area contributed by atoms with Gasteiger partial charge in [-0.2, -0.15) is 0 Å². The van der Waals surface area contributed by atoms with Crippen LogP contribution >= 0.6 is 10.7 Å². The molecule has 1 aliphatic rings. The maximum absolute atomic E-state index is 11.2. The van der Waals surface area contributed by atoms with Gasteiger partial charge in [-0.1, -0.05) is 20.8 Å². The van der Waals surface area contributed by atoms with Crippen LogP contribution in [0.4, 0.5) is 0 Å². The third kappa shape index (κ3) is 6.39. The summed E-state index contributed by atoms with van der Waals surface area (Å²) in [6, 6.07) is 0. The van der Waals surface area contributed by atoms with Crippen LogP contribution in [0.5, 0.6) is 0 Å².